The van der Waals surface area contributed by atoms with E-state index in [4.69, 9.17) is 0 Å². The second-order valence-electron chi connectivity index (χ2n) is 8.31. The van der Waals surface area contributed by atoms with E-state index in [-0.39, 0.29) is 6.10 Å². The normalized spacial score (nSPS) is 16.7. The van der Waals surface area contributed by atoms with Crippen LogP contribution < -0.4 is 0 Å². The zero-order valence-corrected chi connectivity index (χ0v) is 17.1. The fourth-order valence-corrected chi connectivity index (χ4v) is 4.31. The number of nitrogens with zero attached hydrogens (tertiary/aromatic N) is 2. The van der Waals surface area contributed by atoms with Crippen molar-refractivity contribution >= 4 is 0 Å². The molecule has 1 aliphatic rings. The molecule has 1 saturated carbocycles. The van der Waals surface area contributed by atoms with Gasteiger partial charge in [0.2, 0.25) is 0 Å². The lowest BCUT2D eigenvalue weighted by Crippen LogP contribution is -2.36. The van der Waals surface area contributed by atoms with Crippen LogP contribution in [0.4, 0.5) is 0 Å². The molecule has 3 heteroatoms. The molecular formula is C24H36N2O. The van der Waals surface area contributed by atoms with Gasteiger partial charge in [-0.2, -0.15) is 0 Å². The minimum atomic E-state index is -0.228. The number of aliphatic hydroxyl groups excluding tert-OH is 1. The largest absolute Gasteiger partial charge is 0.392 e. The molecule has 3 nitrogen and oxygen atoms in total. The molecule has 1 atom stereocenters. The molecule has 0 unspecified atom stereocenters. The van der Waals surface area contributed by atoms with Crippen LogP contribution in [-0.2, 0) is 13.1 Å². The number of aryl methyl sites for hydroxylation is 1. The molecule has 3 rings (SSSR count). The SMILES string of the molecule is CC[C@H](O)CN(Cc1cccn1Cc1ccccc1C)CC1CCCCC1. The predicted octanol–water partition coefficient (Wildman–Crippen LogP) is 5.00. The number of aliphatic hydroxyl groups is 1. The summed E-state index contributed by atoms with van der Waals surface area (Å²) >= 11 is 0. The Morgan fingerprint density at radius 3 is 2.63 bits per heavy atom. The molecule has 27 heavy (non-hydrogen) atoms. The second-order valence-corrected chi connectivity index (χ2v) is 8.31. The number of benzene rings is 1. The van der Waals surface area contributed by atoms with Crippen LogP contribution in [0.2, 0.25) is 0 Å². The van der Waals surface area contributed by atoms with Crippen molar-refractivity contribution in [3.63, 3.8) is 0 Å². The van der Waals surface area contributed by atoms with Crippen molar-refractivity contribution in [1.82, 2.24) is 9.47 Å². The molecule has 0 amide bonds. The first-order valence-corrected chi connectivity index (χ1v) is 10.7. The second kappa shape index (κ2) is 10.1. The zero-order valence-electron chi connectivity index (χ0n) is 17.1. The van der Waals surface area contributed by atoms with Gasteiger partial charge >= 0.3 is 0 Å². The van der Waals surface area contributed by atoms with Crippen molar-refractivity contribution in [2.75, 3.05) is 13.1 Å². The van der Waals surface area contributed by atoms with Gasteiger partial charge in [0.15, 0.2) is 0 Å². The van der Waals surface area contributed by atoms with Crippen molar-refractivity contribution in [3.05, 3.63) is 59.4 Å². The van der Waals surface area contributed by atoms with Crippen molar-refractivity contribution < 1.29 is 5.11 Å². The molecule has 0 spiro atoms. The van der Waals surface area contributed by atoms with E-state index in [1.54, 1.807) is 0 Å². The molecule has 0 aliphatic heterocycles. The van der Waals surface area contributed by atoms with E-state index in [2.05, 4.69) is 65.9 Å². The quantitative estimate of drug-likeness (QED) is 0.675. The Morgan fingerprint density at radius 1 is 1.11 bits per heavy atom. The standard InChI is InChI=1S/C24H36N2O/c1-3-24(27)19-25(16-21-11-5-4-6-12-21)18-23-14-9-15-26(23)17-22-13-8-7-10-20(22)2/h7-10,13-15,21,24,27H,3-6,11-12,16-19H2,1-2H3/t24-/m0/s1. The van der Waals surface area contributed by atoms with E-state index < -0.39 is 0 Å². The molecule has 0 saturated heterocycles. The Labute approximate surface area is 165 Å². The van der Waals surface area contributed by atoms with Gasteiger partial charge in [-0.3, -0.25) is 4.90 Å². The molecule has 1 aliphatic carbocycles. The summed E-state index contributed by atoms with van der Waals surface area (Å²) in [6.07, 6.45) is 9.63. The van der Waals surface area contributed by atoms with Crippen LogP contribution in [0.25, 0.3) is 0 Å². The van der Waals surface area contributed by atoms with Gasteiger partial charge in [0.05, 0.1) is 6.10 Å². The topological polar surface area (TPSA) is 28.4 Å². The van der Waals surface area contributed by atoms with Crippen LogP contribution in [0.3, 0.4) is 0 Å². The fourth-order valence-electron chi connectivity index (χ4n) is 4.31. The van der Waals surface area contributed by atoms with Gasteiger partial charge in [0.1, 0.15) is 0 Å². The predicted molar refractivity (Wildman–Crippen MR) is 113 cm³/mol. The lowest BCUT2D eigenvalue weighted by Gasteiger charge is -2.31. The van der Waals surface area contributed by atoms with E-state index in [1.165, 1.54) is 48.9 Å². The van der Waals surface area contributed by atoms with Crippen molar-refractivity contribution in [2.45, 2.75) is 71.6 Å². The molecule has 0 bridgehead atoms. The zero-order chi connectivity index (χ0) is 19.1. The van der Waals surface area contributed by atoms with Crippen molar-refractivity contribution in [1.29, 1.82) is 0 Å². The molecule has 1 N–H and O–H groups in total. The molecule has 2 aromatic rings. The highest BCUT2D eigenvalue weighted by molar-refractivity contribution is 5.26. The summed E-state index contributed by atoms with van der Waals surface area (Å²) in [5.41, 5.74) is 4.07. The lowest BCUT2D eigenvalue weighted by atomic mass is 9.89. The van der Waals surface area contributed by atoms with Crippen LogP contribution in [0.1, 0.15) is 62.3 Å². The average molecular weight is 369 g/mol. The van der Waals surface area contributed by atoms with Gasteiger partial charge in [0, 0.05) is 38.1 Å². The highest BCUT2D eigenvalue weighted by Gasteiger charge is 2.20. The van der Waals surface area contributed by atoms with Gasteiger partial charge in [0.25, 0.3) is 0 Å². The van der Waals surface area contributed by atoms with Crippen LogP contribution >= 0.6 is 0 Å². The Balaban J connectivity index is 1.69. The van der Waals surface area contributed by atoms with Gasteiger partial charge in [-0.1, -0.05) is 50.5 Å². The summed E-state index contributed by atoms with van der Waals surface area (Å²) < 4.78 is 2.37. The van der Waals surface area contributed by atoms with Crippen molar-refractivity contribution in [2.24, 2.45) is 5.92 Å². The smallest absolute Gasteiger partial charge is 0.0664 e. The van der Waals surface area contributed by atoms with Gasteiger partial charge in [-0.15, -0.1) is 0 Å². The fraction of sp³-hybridized carbons (Fsp3) is 0.583. The minimum Gasteiger partial charge on any atom is -0.392 e. The molecule has 1 aromatic heterocycles. The Bertz CT molecular complexity index is 687. The average Bonchev–Trinajstić information content (AvgIpc) is 3.11. The molecule has 0 radical (unpaired) electrons. The number of aromatic nitrogens is 1. The maximum Gasteiger partial charge on any atom is 0.0664 e. The summed E-state index contributed by atoms with van der Waals surface area (Å²) in [7, 11) is 0. The molecule has 1 aromatic carbocycles. The maximum absolute atomic E-state index is 10.3. The van der Waals surface area contributed by atoms with Gasteiger partial charge in [-0.25, -0.2) is 0 Å². The van der Waals surface area contributed by atoms with Crippen LogP contribution in [0.15, 0.2) is 42.6 Å². The Kier molecular flexibility index (Phi) is 7.54. The Morgan fingerprint density at radius 2 is 1.89 bits per heavy atom. The first-order valence-electron chi connectivity index (χ1n) is 10.7. The molecule has 1 heterocycles. The van der Waals surface area contributed by atoms with E-state index in [0.29, 0.717) is 0 Å². The summed E-state index contributed by atoms with van der Waals surface area (Å²) in [5.74, 6) is 0.794. The summed E-state index contributed by atoms with van der Waals surface area (Å²) in [6, 6.07) is 13.0. The van der Waals surface area contributed by atoms with Gasteiger partial charge in [-0.05, 0) is 55.4 Å². The monoisotopic (exact) mass is 368 g/mol. The van der Waals surface area contributed by atoms with Gasteiger partial charge < -0.3 is 9.67 Å². The molecule has 148 valence electrons. The number of rotatable bonds is 9. The highest BCUT2D eigenvalue weighted by atomic mass is 16.3. The van der Waals surface area contributed by atoms with Crippen LogP contribution in [0, 0.1) is 12.8 Å². The summed E-state index contributed by atoms with van der Waals surface area (Å²) in [5, 5.41) is 10.3. The lowest BCUT2D eigenvalue weighted by molar-refractivity contribution is 0.0889. The third kappa shape index (κ3) is 5.95. The first kappa shape index (κ1) is 20.2. The first-order chi connectivity index (χ1) is 13.2. The van der Waals surface area contributed by atoms with E-state index in [1.807, 2.05) is 0 Å². The maximum atomic E-state index is 10.3. The van der Waals surface area contributed by atoms with E-state index in [0.717, 1.165) is 38.5 Å². The van der Waals surface area contributed by atoms with Crippen LogP contribution in [-0.4, -0.2) is 33.8 Å². The molecular weight excluding hydrogens is 332 g/mol. The minimum absolute atomic E-state index is 0.228. The van der Waals surface area contributed by atoms with Crippen molar-refractivity contribution in [3.8, 4) is 0 Å². The highest BCUT2D eigenvalue weighted by Crippen LogP contribution is 2.25. The van der Waals surface area contributed by atoms with E-state index >= 15 is 0 Å². The summed E-state index contributed by atoms with van der Waals surface area (Å²) in [6.45, 7) is 8.00. The summed E-state index contributed by atoms with van der Waals surface area (Å²) in [4.78, 5) is 2.49. The van der Waals surface area contributed by atoms with E-state index in [9.17, 15) is 5.11 Å². The third-order valence-corrected chi connectivity index (χ3v) is 6.09. The molecule has 1 fully saturated rings. The number of hydrogen-bond acceptors (Lipinski definition) is 2. The van der Waals surface area contributed by atoms with Crippen LogP contribution in [0.5, 0.6) is 0 Å². The Hall–Kier alpha value is -1.58. The number of hydrogen-bond donors (Lipinski definition) is 1. The third-order valence-electron chi connectivity index (χ3n) is 6.09.